The first kappa shape index (κ1) is 32.7. The first-order chi connectivity index (χ1) is 22.4. The molecule has 8 rings (SSSR count). The molecule has 5 aliphatic rings. The largest absolute Gasteiger partial charge is 0.396 e. The van der Waals surface area contributed by atoms with E-state index in [0.29, 0.717) is 51.6 Å². The molecule has 3 aromatic heterocycles. The van der Waals surface area contributed by atoms with Gasteiger partial charge in [0.15, 0.2) is 11.5 Å². The summed E-state index contributed by atoms with van der Waals surface area (Å²) in [6.45, 7) is 12.3. The summed E-state index contributed by atoms with van der Waals surface area (Å²) in [5.41, 5.74) is -0.00993. The molecule has 3 aromatic rings. The van der Waals surface area contributed by atoms with Crippen LogP contribution in [0, 0.1) is 10.8 Å². The zero-order valence-electron chi connectivity index (χ0n) is 28.4. The lowest BCUT2D eigenvalue weighted by atomic mass is 9.53. The quantitative estimate of drug-likeness (QED) is 0.205. The average Bonchev–Trinajstić information content (AvgIpc) is 3.69. The van der Waals surface area contributed by atoms with E-state index in [4.69, 9.17) is 19.6 Å². The van der Waals surface area contributed by atoms with Crippen LogP contribution in [0.5, 0.6) is 0 Å². The summed E-state index contributed by atoms with van der Waals surface area (Å²) in [7, 11) is -1.22. The summed E-state index contributed by atoms with van der Waals surface area (Å²) in [5, 5.41) is 35.4. The number of aliphatic hydroxyl groups is 2. The van der Waals surface area contributed by atoms with Gasteiger partial charge < -0.3 is 29.9 Å². The number of fused-ring (bicyclic) bond motifs is 4. The molecule has 12 nitrogen and oxygen atoms in total. The predicted molar refractivity (Wildman–Crippen MR) is 181 cm³/mol. The highest BCUT2D eigenvalue weighted by molar-refractivity contribution is 6.76. The number of aliphatic hydroxyl groups excluding tert-OH is 1. The number of carbonyl (C=O) groups excluding carboxylic acids is 1. The Hall–Kier alpha value is -2.84. The van der Waals surface area contributed by atoms with Gasteiger partial charge in [-0.1, -0.05) is 19.6 Å². The van der Waals surface area contributed by atoms with Crippen molar-refractivity contribution in [2.45, 2.75) is 108 Å². The third kappa shape index (κ3) is 6.14. The molecule has 13 heteroatoms. The fourth-order valence-corrected chi connectivity index (χ4v) is 8.90. The van der Waals surface area contributed by atoms with Gasteiger partial charge in [0.25, 0.3) is 0 Å². The van der Waals surface area contributed by atoms with Gasteiger partial charge in [-0.15, -0.1) is 0 Å². The third-order valence-corrected chi connectivity index (χ3v) is 13.2. The van der Waals surface area contributed by atoms with Gasteiger partial charge in [-0.2, -0.15) is 14.9 Å². The van der Waals surface area contributed by atoms with Gasteiger partial charge >= 0.3 is 0 Å². The topological polar surface area (TPSA) is 140 Å². The van der Waals surface area contributed by atoms with Crippen molar-refractivity contribution in [2.24, 2.45) is 10.8 Å². The van der Waals surface area contributed by atoms with Crippen LogP contribution in [0.2, 0.25) is 25.7 Å². The average molecular weight is 666 g/mol. The molecule has 1 saturated heterocycles. The maximum atomic E-state index is 13.6. The summed E-state index contributed by atoms with van der Waals surface area (Å²) < 4.78 is 15.3. The summed E-state index contributed by atoms with van der Waals surface area (Å²) in [6.07, 6.45) is 9.64. The van der Waals surface area contributed by atoms with Crippen LogP contribution >= 0.6 is 0 Å². The maximum Gasteiger partial charge on any atom is 0.226 e. The molecule has 0 aromatic carbocycles. The van der Waals surface area contributed by atoms with E-state index in [-0.39, 0.29) is 35.4 Å². The minimum atomic E-state index is -1.22. The van der Waals surface area contributed by atoms with E-state index in [1.165, 1.54) is 0 Å². The van der Waals surface area contributed by atoms with Gasteiger partial charge in [-0.3, -0.25) is 4.79 Å². The van der Waals surface area contributed by atoms with Gasteiger partial charge in [-0.25, -0.2) is 9.67 Å². The SMILES string of the molecule is C[C@@H]1COCCN1c1cc(C2(O)CC(NC(=O)C34CCC(CO)(CC3)CC4)C2)c2cnn(-c3ccnn3COCC[Si](C)(C)C)c2n1. The number of nitrogens with one attached hydrogen (secondary N) is 1. The van der Waals surface area contributed by atoms with Gasteiger partial charge in [0.2, 0.25) is 5.91 Å². The molecule has 1 aliphatic heterocycles. The number of nitrogens with zero attached hydrogens (tertiary/aromatic N) is 6. The summed E-state index contributed by atoms with van der Waals surface area (Å²) in [4.78, 5) is 21.0. The molecule has 256 valence electrons. The van der Waals surface area contributed by atoms with Crippen molar-refractivity contribution in [3.8, 4) is 5.82 Å². The van der Waals surface area contributed by atoms with E-state index >= 15 is 0 Å². The van der Waals surface area contributed by atoms with E-state index in [1.807, 2.05) is 12.1 Å². The number of hydrogen-bond acceptors (Lipinski definition) is 9. The van der Waals surface area contributed by atoms with Crippen LogP contribution in [0.1, 0.15) is 63.9 Å². The van der Waals surface area contributed by atoms with Crippen molar-refractivity contribution in [1.82, 2.24) is 29.9 Å². The highest BCUT2D eigenvalue weighted by Crippen LogP contribution is 2.57. The smallest absolute Gasteiger partial charge is 0.226 e. The van der Waals surface area contributed by atoms with Crippen LogP contribution in [0.3, 0.4) is 0 Å². The molecule has 0 radical (unpaired) electrons. The molecule has 1 atom stereocenters. The fraction of sp³-hybridized carbons (Fsp3) is 0.706. The highest BCUT2D eigenvalue weighted by atomic mass is 28.3. The molecule has 4 saturated carbocycles. The molecule has 0 spiro atoms. The second kappa shape index (κ2) is 12.2. The van der Waals surface area contributed by atoms with Gasteiger partial charge in [-0.05, 0) is 68.5 Å². The zero-order chi connectivity index (χ0) is 33.0. The standard InChI is InChI=1S/C34H51N7O5Si/c1-24-21-45-14-13-39(24)28-17-27(34(44)18-25(19-34)37-31(43)33-9-6-32(22-42,7-10-33)8-11-33)26-20-36-41(30(26)38-28)29-5-12-35-40(29)23-46-15-16-47(2,3)4/h5,12,17,20,24-25,42,44H,6-11,13-16,18-19,21-23H2,1-4H3,(H,37,43)/t24-,25?,32?,33?,34?/m1/s1. The lowest BCUT2D eigenvalue weighted by molar-refractivity contribution is -0.146. The number of anilines is 1. The highest BCUT2D eigenvalue weighted by Gasteiger charge is 2.54. The van der Waals surface area contributed by atoms with Gasteiger partial charge in [0.05, 0.1) is 37.3 Å². The van der Waals surface area contributed by atoms with Crippen molar-refractivity contribution in [3.05, 3.63) is 30.1 Å². The van der Waals surface area contributed by atoms with E-state index < -0.39 is 13.7 Å². The first-order valence-electron chi connectivity index (χ1n) is 17.4. The van der Waals surface area contributed by atoms with Crippen LogP contribution in [0.25, 0.3) is 16.9 Å². The van der Waals surface area contributed by atoms with Gasteiger partial charge in [0, 0.05) is 63.6 Å². The number of pyridine rings is 1. The van der Waals surface area contributed by atoms with E-state index in [9.17, 15) is 15.0 Å². The van der Waals surface area contributed by atoms with E-state index in [1.54, 1.807) is 21.8 Å². The molecule has 0 unspecified atom stereocenters. The summed E-state index contributed by atoms with van der Waals surface area (Å²) in [5.74, 6) is 1.64. The number of rotatable bonds is 11. The first-order valence-corrected chi connectivity index (χ1v) is 21.1. The van der Waals surface area contributed by atoms with Gasteiger partial charge in [0.1, 0.15) is 12.5 Å². The number of amides is 1. The van der Waals surface area contributed by atoms with Crippen LogP contribution in [-0.4, -0.2) is 93.8 Å². The van der Waals surface area contributed by atoms with Crippen LogP contribution < -0.4 is 10.2 Å². The normalized spacial score (nSPS) is 30.9. The second-order valence-corrected chi connectivity index (χ2v) is 21.6. The monoisotopic (exact) mass is 665 g/mol. The van der Waals surface area contributed by atoms with Crippen molar-refractivity contribution in [3.63, 3.8) is 0 Å². The molecule has 2 bridgehead atoms. The summed E-state index contributed by atoms with van der Waals surface area (Å²) >= 11 is 0. The van der Waals surface area contributed by atoms with Crippen molar-refractivity contribution >= 4 is 30.8 Å². The molecule has 5 fully saturated rings. The van der Waals surface area contributed by atoms with Crippen molar-refractivity contribution in [2.75, 3.05) is 37.9 Å². The molecular weight excluding hydrogens is 615 g/mol. The lowest BCUT2D eigenvalue weighted by Crippen LogP contribution is -2.58. The molecule has 4 aliphatic carbocycles. The molecule has 47 heavy (non-hydrogen) atoms. The Bertz CT molecular complexity index is 1580. The predicted octanol–water partition coefficient (Wildman–Crippen LogP) is 3.95. The number of carbonyl (C=O) groups is 1. The zero-order valence-corrected chi connectivity index (χ0v) is 29.4. The fourth-order valence-electron chi connectivity index (χ4n) is 8.15. The number of morpholine rings is 1. The lowest BCUT2D eigenvalue weighted by Gasteiger charge is -2.53. The number of ether oxygens (including phenoxy) is 2. The Morgan fingerprint density at radius 3 is 2.57 bits per heavy atom. The van der Waals surface area contributed by atoms with Crippen LogP contribution in [-0.2, 0) is 26.6 Å². The van der Waals surface area contributed by atoms with Crippen molar-refractivity contribution in [1.29, 1.82) is 0 Å². The Morgan fingerprint density at radius 2 is 1.89 bits per heavy atom. The maximum absolute atomic E-state index is 13.6. The Labute approximate surface area is 277 Å². The van der Waals surface area contributed by atoms with E-state index in [2.05, 4.69) is 41.9 Å². The molecule has 1 amide bonds. The van der Waals surface area contributed by atoms with Crippen LogP contribution in [0.4, 0.5) is 5.82 Å². The second-order valence-electron chi connectivity index (χ2n) is 16.0. The Balaban J connectivity index is 1.14. The minimum absolute atomic E-state index is 0.0178. The number of hydrogen-bond donors (Lipinski definition) is 3. The molecule has 3 N–H and O–H groups in total. The molecular formula is C34H51N7O5Si. The van der Waals surface area contributed by atoms with Crippen molar-refractivity contribution < 1.29 is 24.5 Å². The minimum Gasteiger partial charge on any atom is -0.396 e. The molecule has 4 heterocycles. The Morgan fingerprint density at radius 1 is 1.15 bits per heavy atom. The van der Waals surface area contributed by atoms with E-state index in [0.717, 1.165) is 67.2 Å². The summed E-state index contributed by atoms with van der Waals surface area (Å²) in [6, 6.07) is 5.02. The Kier molecular flexibility index (Phi) is 8.51. The third-order valence-electron chi connectivity index (χ3n) is 11.5. The van der Waals surface area contributed by atoms with Crippen LogP contribution in [0.15, 0.2) is 24.5 Å². The number of aromatic nitrogens is 5.